The zero-order chi connectivity index (χ0) is 27.0. The Labute approximate surface area is 219 Å². The molecule has 0 spiro atoms. The van der Waals surface area contributed by atoms with E-state index in [-0.39, 0.29) is 23.1 Å². The molecule has 5 rings (SSSR count). The topological polar surface area (TPSA) is 129 Å². The summed E-state index contributed by atoms with van der Waals surface area (Å²) >= 11 is 0. The van der Waals surface area contributed by atoms with Gasteiger partial charge in [-0.2, -0.15) is 14.9 Å². The van der Waals surface area contributed by atoms with Crippen molar-refractivity contribution >= 4 is 16.7 Å². The normalized spacial score (nSPS) is 11.7. The van der Waals surface area contributed by atoms with Crippen LogP contribution < -0.4 is 11.3 Å². The van der Waals surface area contributed by atoms with E-state index < -0.39 is 5.91 Å². The molecule has 3 N–H and O–H groups in total. The number of aromatic nitrogens is 5. The summed E-state index contributed by atoms with van der Waals surface area (Å²) in [4.78, 5) is 30.0. The Kier molecular flexibility index (Phi) is 6.38. The van der Waals surface area contributed by atoms with Gasteiger partial charge in [0, 0.05) is 35.5 Å². The van der Waals surface area contributed by atoms with Crippen molar-refractivity contribution in [3.05, 3.63) is 112 Å². The van der Waals surface area contributed by atoms with Crippen LogP contribution in [0.15, 0.2) is 78.0 Å². The zero-order valence-corrected chi connectivity index (χ0v) is 21.4. The van der Waals surface area contributed by atoms with Gasteiger partial charge < -0.3 is 10.8 Å². The Hall–Kier alpha value is -4.63. The smallest absolute Gasteiger partial charge is 0.279 e. The van der Waals surface area contributed by atoms with E-state index in [0.717, 1.165) is 16.6 Å². The third kappa shape index (κ3) is 4.59. The number of rotatable bonds is 6. The first kappa shape index (κ1) is 25.0. The van der Waals surface area contributed by atoms with Gasteiger partial charge in [0.1, 0.15) is 0 Å². The number of carbonyl (C=O) groups is 1. The van der Waals surface area contributed by atoms with Gasteiger partial charge in [0.05, 0.1) is 40.8 Å². The van der Waals surface area contributed by atoms with Crippen molar-refractivity contribution in [2.45, 2.75) is 39.2 Å². The standard InChI is InChI=1S/C29H28N6O3/c1-29(2,3)19-10-11-21-18(13-19)15-32-35(28(21)38)26-9-6-8-25(23(26)17-36)34-16-22(27(30)37)24(33-34)14-20-7-4-5-12-31-20/h4-13,15-16,36H,14,17H2,1-3H3,(H2,30,37). The highest BCUT2D eigenvalue weighted by molar-refractivity contribution is 5.94. The number of pyridine rings is 1. The first-order valence-electron chi connectivity index (χ1n) is 12.2. The minimum atomic E-state index is -0.620. The Morgan fingerprint density at radius 2 is 1.84 bits per heavy atom. The van der Waals surface area contributed by atoms with Gasteiger partial charge in [-0.1, -0.05) is 39.0 Å². The summed E-state index contributed by atoms with van der Waals surface area (Å²) in [7, 11) is 0. The fourth-order valence-electron chi connectivity index (χ4n) is 4.47. The second-order valence-corrected chi connectivity index (χ2v) is 10.1. The largest absolute Gasteiger partial charge is 0.392 e. The molecule has 0 saturated heterocycles. The van der Waals surface area contributed by atoms with Crippen LogP contribution in [-0.2, 0) is 18.4 Å². The summed E-state index contributed by atoms with van der Waals surface area (Å²) in [6.07, 6.45) is 5.16. The number of nitrogens with two attached hydrogens (primary N) is 1. The number of aliphatic hydroxyl groups excluding tert-OH is 1. The van der Waals surface area contributed by atoms with Gasteiger partial charge in [-0.25, -0.2) is 4.68 Å². The minimum Gasteiger partial charge on any atom is -0.392 e. The SMILES string of the molecule is CC(C)(C)c1ccc2c(=O)n(-c3cccc(-n4cc(C(N)=O)c(Cc5ccccn5)n4)c3CO)ncc2c1. The molecule has 3 aromatic heterocycles. The lowest BCUT2D eigenvalue weighted by Gasteiger charge is -2.19. The van der Waals surface area contributed by atoms with E-state index in [1.165, 1.54) is 15.6 Å². The summed E-state index contributed by atoms with van der Waals surface area (Å²) in [6.45, 7) is 5.95. The van der Waals surface area contributed by atoms with Crippen LogP contribution in [-0.4, -0.2) is 35.6 Å². The molecule has 5 aromatic rings. The molecule has 0 radical (unpaired) electrons. The van der Waals surface area contributed by atoms with Crippen molar-refractivity contribution < 1.29 is 9.90 Å². The maximum absolute atomic E-state index is 13.5. The molecular weight excluding hydrogens is 480 g/mol. The molecule has 0 atom stereocenters. The first-order valence-corrected chi connectivity index (χ1v) is 12.2. The molecule has 0 aliphatic carbocycles. The Morgan fingerprint density at radius 3 is 2.53 bits per heavy atom. The van der Waals surface area contributed by atoms with Gasteiger partial charge in [0.15, 0.2) is 0 Å². The van der Waals surface area contributed by atoms with E-state index in [9.17, 15) is 14.7 Å². The Morgan fingerprint density at radius 1 is 1.05 bits per heavy atom. The number of carbonyl (C=O) groups excluding carboxylic acids is 1. The minimum absolute atomic E-state index is 0.0651. The van der Waals surface area contributed by atoms with E-state index in [2.05, 4.69) is 36.0 Å². The highest BCUT2D eigenvalue weighted by Crippen LogP contribution is 2.26. The average molecular weight is 509 g/mol. The van der Waals surface area contributed by atoms with Crippen LogP contribution in [0.4, 0.5) is 0 Å². The summed E-state index contributed by atoms with van der Waals surface area (Å²) in [5.74, 6) is -0.620. The summed E-state index contributed by atoms with van der Waals surface area (Å²) in [5, 5.41) is 20.7. The number of nitrogens with zero attached hydrogens (tertiary/aromatic N) is 5. The fourth-order valence-corrected chi connectivity index (χ4v) is 4.47. The number of primary amides is 1. The number of aliphatic hydroxyl groups is 1. The van der Waals surface area contributed by atoms with Gasteiger partial charge in [-0.05, 0) is 47.4 Å². The molecule has 0 bridgehead atoms. The third-order valence-corrected chi connectivity index (χ3v) is 6.54. The first-order chi connectivity index (χ1) is 18.2. The van der Waals surface area contributed by atoms with Gasteiger partial charge in [0.2, 0.25) is 0 Å². The van der Waals surface area contributed by atoms with E-state index in [1.807, 2.05) is 36.4 Å². The predicted octanol–water partition coefficient (Wildman–Crippen LogP) is 3.45. The molecule has 192 valence electrons. The van der Waals surface area contributed by atoms with E-state index >= 15 is 0 Å². The van der Waals surface area contributed by atoms with E-state index in [1.54, 1.807) is 30.6 Å². The summed E-state index contributed by atoms with van der Waals surface area (Å²) in [6, 6.07) is 16.5. The summed E-state index contributed by atoms with van der Waals surface area (Å²) in [5.41, 5.74) is 9.16. The van der Waals surface area contributed by atoms with Crippen molar-refractivity contribution in [2.24, 2.45) is 5.73 Å². The second kappa shape index (κ2) is 9.68. The molecule has 9 nitrogen and oxygen atoms in total. The molecule has 1 amide bonds. The number of fused-ring (bicyclic) bond motifs is 1. The molecule has 2 aromatic carbocycles. The van der Waals surface area contributed by atoms with Crippen molar-refractivity contribution in [1.29, 1.82) is 0 Å². The van der Waals surface area contributed by atoms with Crippen LogP contribution >= 0.6 is 0 Å². The van der Waals surface area contributed by atoms with Gasteiger partial charge in [0.25, 0.3) is 11.5 Å². The van der Waals surface area contributed by atoms with E-state index in [4.69, 9.17) is 5.73 Å². The zero-order valence-electron chi connectivity index (χ0n) is 21.4. The highest BCUT2D eigenvalue weighted by atomic mass is 16.3. The maximum Gasteiger partial charge on any atom is 0.279 e. The van der Waals surface area contributed by atoms with Crippen LogP contribution in [0.5, 0.6) is 0 Å². The van der Waals surface area contributed by atoms with Gasteiger partial charge >= 0.3 is 0 Å². The molecular formula is C29H28N6O3. The molecule has 9 heteroatoms. The molecule has 38 heavy (non-hydrogen) atoms. The maximum atomic E-state index is 13.5. The van der Waals surface area contributed by atoms with Crippen LogP contribution in [0.1, 0.15) is 53.6 Å². The van der Waals surface area contributed by atoms with Crippen molar-refractivity contribution in [2.75, 3.05) is 0 Å². The lowest BCUT2D eigenvalue weighted by molar-refractivity contribution is 0.0999. The number of benzene rings is 2. The van der Waals surface area contributed by atoms with Crippen molar-refractivity contribution in [1.82, 2.24) is 24.5 Å². The molecule has 0 aliphatic heterocycles. The summed E-state index contributed by atoms with van der Waals surface area (Å²) < 4.78 is 2.77. The molecule has 0 fully saturated rings. The quantitative estimate of drug-likeness (QED) is 0.362. The number of hydrogen-bond acceptors (Lipinski definition) is 6. The number of hydrogen-bond donors (Lipinski definition) is 2. The Bertz CT molecular complexity index is 1710. The highest BCUT2D eigenvalue weighted by Gasteiger charge is 2.20. The lowest BCUT2D eigenvalue weighted by Crippen LogP contribution is -2.23. The van der Waals surface area contributed by atoms with Crippen LogP contribution in [0.3, 0.4) is 0 Å². The van der Waals surface area contributed by atoms with Gasteiger partial charge in [-0.15, -0.1) is 0 Å². The monoisotopic (exact) mass is 508 g/mol. The molecule has 0 unspecified atom stereocenters. The number of amides is 1. The molecule has 0 saturated carbocycles. The van der Waals surface area contributed by atoms with Crippen LogP contribution in [0, 0.1) is 0 Å². The Balaban J connectivity index is 1.62. The van der Waals surface area contributed by atoms with Crippen LogP contribution in [0.25, 0.3) is 22.1 Å². The third-order valence-electron chi connectivity index (χ3n) is 6.54. The predicted molar refractivity (Wildman–Crippen MR) is 145 cm³/mol. The lowest BCUT2D eigenvalue weighted by atomic mass is 9.86. The van der Waals surface area contributed by atoms with Crippen molar-refractivity contribution in [3.8, 4) is 11.4 Å². The van der Waals surface area contributed by atoms with Gasteiger partial charge in [-0.3, -0.25) is 14.6 Å². The van der Waals surface area contributed by atoms with Crippen molar-refractivity contribution in [3.63, 3.8) is 0 Å². The average Bonchev–Trinajstić information content (AvgIpc) is 3.32. The molecule has 3 heterocycles. The fraction of sp³-hybridized carbons (Fsp3) is 0.207. The van der Waals surface area contributed by atoms with Crippen LogP contribution in [0.2, 0.25) is 0 Å². The van der Waals surface area contributed by atoms with E-state index in [0.29, 0.717) is 34.4 Å². The molecule has 0 aliphatic rings. The second-order valence-electron chi connectivity index (χ2n) is 10.1.